The van der Waals surface area contributed by atoms with Gasteiger partial charge in [0.15, 0.2) is 0 Å². The normalized spacial score (nSPS) is 27.0. The number of rotatable bonds is 12. The average Bonchev–Trinajstić information content (AvgIpc) is 3.73. The monoisotopic (exact) mass is 787 g/mol. The molecule has 52 heavy (non-hydrogen) atoms. The number of nitrogens with zero attached hydrogens (tertiary/aromatic N) is 7. The Morgan fingerprint density at radius 2 is 2.04 bits per heavy atom. The Kier molecular flexibility index (Phi) is 12.8. The zero-order valence-electron chi connectivity index (χ0n) is 28.0. The molecule has 0 aromatic carbocycles. The quantitative estimate of drug-likeness (QED) is 0.0431. The van der Waals surface area contributed by atoms with E-state index in [4.69, 9.17) is 10.5 Å². The third-order valence-corrected chi connectivity index (χ3v) is 12.0. The van der Waals surface area contributed by atoms with E-state index in [0.717, 1.165) is 16.7 Å². The first kappa shape index (κ1) is 39.8. The standard InChI is InChI=1S/C27H35N13O8S3.Na/c1-39-26(36-37-38-39)50-9-13-7-16(20(44)45)40-21(46)27(48-2,22(40)51-13)35-19(43)17(15-10-49-23(28)31-15)33-25(47)32-14-8-29-24(34-18(14)42)30-11-3-5-12(41)6-4-11;/h7-8,10-13,17,22-23,31,41H,3-6,9,28H2,1-2H3,(H,35,43)(H,44,45)(H2,32,33,47)(H2,29,30,34,42);/q;+1/p-1/t11?,12?,13?,17?,22-,23?,27-;/m0./s1. The number of nitrogens with two attached hydrogens (primary N) is 1. The number of fused-ring (bicyclic) bond motifs is 1. The summed E-state index contributed by atoms with van der Waals surface area (Å²) >= 11 is 3.56. The predicted molar refractivity (Wildman–Crippen MR) is 181 cm³/mol. The first-order chi connectivity index (χ1) is 24.4. The van der Waals surface area contributed by atoms with Crippen molar-refractivity contribution in [1.82, 2.24) is 51.0 Å². The largest absolute Gasteiger partial charge is 1.00 e. The Bertz CT molecular complexity index is 1760. The van der Waals surface area contributed by atoms with E-state index in [1.165, 1.54) is 53.0 Å². The van der Waals surface area contributed by atoms with E-state index in [1.54, 1.807) is 7.05 Å². The Morgan fingerprint density at radius 1 is 1.29 bits per heavy atom. The van der Waals surface area contributed by atoms with Crippen LogP contribution in [0, 0.1) is 0 Å². The van der Waals surface area contributed by atoms with E-state index >= 15 is 0 Å². The number of aliphatic hydroxyl groups excluding tert-OH is 1. The van der Waals surface area contributed by atoms with E-state index in [0.29, 0.717) is 36.6 Å². The Labute approximate surface area is 330 Å². The maximum atomic E-state index is 13.9. The molecule has 4 amide bonds. The number of carboxylic acids is 1. The van der Waals surface area contributed by atoms with Crippen molar-refractivity contribution in [1.29, 1.82) is 0 Å². The number of aromatic nitrogens is 6. The molecule has 274 valence electrons. The van der Waals surface area contributed by atoms with Gasteiger partial charge in [-0.1, -0.05) is 23.5 Å². The minimum atomic E-state index is -2.03. The fraction of sp³-hybridized carbons (Fsp3) is 0.519. The zero-order valence-corrected chi connectivity index (χ0v) is 32.5. The molecule has 2 fully saturated rings. The third kappa shape index (κ3) is 8.38. The van der Waals surface area contributed by atoms with Gasteiger partial charge in [-0.15, -0.1) is 16.9 Å². The van der Waals surface area contributed by atoms with Crippen molar-refractivity contribution in [2.45, 2.75) is 70.9 Å². The molecular weight excluding hydrogens is 754 g/mol. The van der Waals surface area contributed by atoms with E-state index in [9.17, 15) is 34.5 Å². The smallest absolute Gasteiger partial charge is 0.543 e. The summed E-state index contributed by atoms with van der Waals surface area (Å²) in [6.07, 6.45) is 4.89. The maximum absolute atomic E-state index is 13.9. The molecular formula is C27H34N13NaO8S3. The van der Waals surface area contributed by atoms with Gasteiger partial charge in [-0.05, 0) is 47.6 Å². The number of carbonyl (C=O) groups excluding carboxylic acids is 4. The molecule has 1 saturated heterocycles. The summed E-state index contributed by atoms with van der Waals surface area (Å²) in [5.41, 5.74) is 2.93. The fourth-order valence-corrected chi connectivity index (χ4v) is 9.03. The topological polar surface area (TPSA) is 300 Å². The second kappa shape index (κ2) is 16.8. The molecule has 0 bridgehead atoms. The Balaban J connectivity index is 0.00000523. The van der Waals surface area contributed by atoms with Gasteiger partial charge in [0, 0.05) is 31.2 Å². The minimum absolute atomic E-state index is 0. The number of ether oxygens (including phenoxy) is 1. The maximum Gasteiger partial charge on any atom is 1.00 e. The SMILES string of the molecule is CO[C@@]1(NC(=O)C(NC(=O)Nc2cnc(NC3CCC(O)CC3)nc2O)C2=CSC(N)N2)C(=O)N2C(C(=O)[O-])=CC(CSc3nnnn3C)S[C@H]21.[Na+]. The van der Waals surface area contributed by atoms with Crippen LogP contribution >= 0.6 is 35.3 Å². The van der Waals surface area contributed by atoms with Gasteiger partial charge in [0.2, 0.25) is 17.0 Å². The van der Waals surface area contributed by atoms with E-state index in [2.05, 4.69) is 52.1 Å². The van der Waals surface area contributed by atoms with E-state index in [1.807, 2.05) is 0 Å². The molecule has 3 aliphatic heterocycles. The number of aliphatic carboxylic acids is 1. The molecule has 2 aromatic rings. The number of carbonyl (C=O) groups is 4. The van der Waals surface area contributed by atoms with Crippen LogP contribution in [0.25, 0.3) is 0 Å². The van der Waals surface area contributed by atoms with Crippen LogP contribution < -0.4 is 67.0 Å². The number of tetrazole rings is 1. The summed E-state index contributed by atoms with van der Waals surface area (Å²) in [5, 5.41) is 57.6. The van der Waals surface area contributed by atoms with Crippen LogP contribution in [-0.2, 0) is 26.2 Å². The molecule has 5 heterocycles. The van der Waals surface area contributed by atoms with Gasteiger partial charge in [-0.3, -0.25) is 14.5 Å². The molecule has 0 spiro atoms. The first-order valence-corrected chi connectivity index (χ1v) is 18.4. The van der Waals surface area contributed by atoms with Gasteiger partial charge in [-0.2, -0.15) is 4.98 Å². The van der Waals surface area contributed by atoms with Gasteiger partial charge < -0.3 is 57.2 Å². The number of β-lactam (4-membered cyclic amide) rings is 1. The van der Waals surface area contributed by atoms with E-state index in [-0.39, 0.29) is 64.7 Å². The number of urea groups is 1. The molecule has 4 aliphatic rings. The van der Waals surface area contributed by atoms with Gasteiger partial charge in [0.1, 0.15) is 22.6 Å². The van der Waals surface area contributed by atoms with Crippen LogP contribution in [0.1, 0.15) is 25.7 Å². The second-order valence-electron chi connectivity index (χ2n) is 11.8. The summed E-state index contributed by atoms with van der Waals surface area (Å²) in [6.45, 7) is 0. The summed E-state index contributed by atoms with van der Waals surface area (Å²) in [4.78, 5) is 61.9. The van der Waals surface area contributed by atoms with Crippen LogP contribution in [0.3, 0.4) is 0 Å². The molecule has 6 rings (SSSR count). The van der Waals surface area contributed by atoms with Crippen LogP contribution in [0.15, 0.2) is 34.2 Å². The van der Waals surface area contributed by atoms with Crippen molar-refractivity contribution in [2.75, 3.05) is 23.5 Å². The summed E-state index contributed by atoms with van der Waals surface area (Å²) in [7, 11) is 2.84. The number of anilines is 2. The van der Waals surface area contributed by atoms with Gasteiger partial charge in [0.25, 0.3) is 17.5 Å². The number of hydrogen-bond donors (Lipinski definition) is 8. The number of thioether (sulfide) groups is 3. The van der Waals surface area contributed by atoms with Crippen molar-refractivity contribution < 1.29 is 68.8 Å². The fourth-order valence-electron chi connectivity index (χ4n) is 5.76. The summed E-state index contributed by atoms with van der Waals surface area (Å²) in [5.74, 6) is -3.45. The molecule has 21 nitrogen and oxygen atoms in total. The minimum Gasteiger partial charge on any atom is -0.543 e. The molecule has 9 N–H and O–H groups in total. The number of aromatic hydroxyl groups is 1. The second-order valence-corrected chi connectivity index (χ2v) is 15.1. The Morgan fingerprint density at radius 3 is 2.65 bits per heavy atom. The average molecular weight is 788 g/mol. The van der Waals surface area contributed by atoms with Crippen LogP contribution in [0.2, 0.25) is 0 Å². The summed E-state index contributed by atoms with van der Waals surface area (Å²) in [6, 6.07) is -2.40. The van der Waals surface area contributed by atoms with Crippen LogP contribution in [-0.4, -0.2) is 122 Å². The first-order valence-electron chi connectivity index (χ1n) is 15.5. The van der Waals surface area contributed by atoms with Crippen molar-refractivity contribution in [3.63, 3.8) is 0 Å². The third-order valence-electron chi connectivity index (χ3n) is 8.37. The molecule has 0 radical (unpaired) electrons. The van der Waals surface area contributed by atoms with Crippen molar-refractivity contribution in [3.8, 4) is 5.88 Å². The van der Waals surface area contributed by atoms with Gasteiger partial charge in [0.05, 0.1) is 29.7 Å². The predicted octanol–water partition coefficient (Wildman–Crippen LogP) is -5.50. The number of aryl methyl sites for hydroxylation is 1. The molecule has 2 aromatic heterocycles. The molecule has 5 atom stereocenters. The van der Waals surface area contributed by atoms with Gasteiger partial charge in [-0.25, -0.2) is 14.5 Å². The number of hydrogen-bond acceptors (Lipinski definition) is 19. The zero-order chi connectivity index (χ0) is 36.4. The number of methoxy groups -OCH3 is 1. The van der Waals surface area contributed by atoms with Crippen LogP contribution in [0.4, 0.5) is 16.4 Å². The van der Waals surface area contributed by atoms with E-state index < -0.39 is 57.6 Å². The van der Waals surface area contributed by atoms with Crippen molar-refractivity contribution >= 4 is 70.7 Å². The Hall–Kier alpha value is -3.36. The molecule has 1 aliphatic carbocycles. The van der Waals surface area contributed by atoms with Crippen LogP contribution in [0.5, 0.6) is 5.88 Å². The number of aliphatic hydroxyl groups is 1. The molecule has 3 unspecified atom stereocenters. The van der Waals surface area contributed by atoms with Crippen molar-refractivity contribution in [2.24, 2.45) is 12.8 Å². The molecule has 1 saturated carbocycles. The number of carboxylic acid groups (broad SMARTS) is 1. The number of nitrogens with one attached hydrogen (secondary N) is 5. The summed E-state index contributed by atoms with van der Waals surface area (Å²) < 4.78 is 7.05. The van der Waals surface area contributed by atoms with Crippen molar-refractivity contribution in [3.05, 3.63) is 29.1 Å². The number of amides is 4. The van der Waals surface area contributed by atoms with Gasteiger partial charge >= 0.3 is 35.6 Å². The molecule has 25 heteroatoms.